The predicted octanol–water partition coefficient (Wildman–Crippen LogP) is 4.41. The molecule has 3 aromatic rings. The summed E-state index contributed by atoms with van der Waals surface area (Å²) in [5.74, 6) is -0.0631. The highest BCUT2D eigenvalue weighted by Crippen LogP contribution is 2.42. The smallest absolute Gasteiger partial charge is 0.237 e. The minimum absolute atomic E-state index is 0.206. The number of carbonyl (C=O) groups is 1. The Morgan fingerprint density at radius 2 is 2.07 bits per heavy atom. The van der Waals surface area contributed by atoms with Gasteiger partial charge in [-0.3, -0.25) is 9.36 Å². The van der Waals surface area contributed by atoms with Gasteiger partial charge in [-0.1, -0.05) is 30.0 Å². The number of thioether (sulfide) groups is 1. The number of nitriles is 1. The predicted molar refractivity (Wildman–Crippen MR) is 109 cm³/mol. The minimum Gasteiger partial charge on any atom is -0.325 e. The van der Waals surface area contributed by atoms with Crippen LogP contribution in [0.4, 0.5) is 10.1 Å². The Morgan fingerprint density at radius 3 is 2.79 bits per heavy atom. The summed E-state index contributed by atoms with van der Waals surface area (Å²) in [6.45, 7) is 1.78. The monoisotopic (exact) mass is 407 g/mol. The van der Waals surface area contributed by atoms with E-state index >= 15 is 0 Å². The molecule has 1 amide bonds. The van der Waals surface area contributed by atoms with Gasteiger partial charge in [-0.2, -0.15) is 5.26 Å². The summed E-state index contributed by atoms with van der Waals surface area (Å²) in [5.41, 5.74) is 1.45. The maximum atomic E-state index is 14.3. The number of benzene rings is 2. The summed E-state index contributed by atoms with van der Waals surface area (Å²) in [5, 5.41) is 20.4. The maximum Gasteiger partial charge on any atom is 0.237 e. The second-order valence-corrected chi connectivity index (χ2v) is 8.14. The molecule has 146 valence electrons. The van der Waals surface area contributed by atoms with Crippen molar-refractivity contribution in [2.75, 3.05) is 5.32 Å². The Balaban J connectivity index is 1.54. The van der Waals surface area contributed by atoms with Crippen molar-refractivity contribution in [2.24, 2.45) is 0 Å². The van der Waals surface area contributed by atoms with E-state index in [1.165, 1.54) is 17.8 Å². The molecule has 0 radical (unpaired) electrons. The van der Waals surface area contributed by atoms with Crippen molar-refractivity contribution >= 4 is 23.4 Å². The lowest BCUT2D eigenvalue weighted by molar-refractivity contribution is -0.115. The Bertz CT molecular complexity index is 1100. The molecule has 6 nitrogen and oxygen atoms in total. The van der Waals surface area contributed by atoms with Crippen LogP contribution in [0.25, 0.3) is 11.4 Å². The summed E-state index contributed by atoms with van der Waals surface area (Å²) in [6.07, 6.45) is 1.96. The molecule has 29 heavy (non-hydrogen) atoms. The molecule has 1 saturated carbocycles. The van der Waals surface area contributed by atoms with Crippen LogP contribution in [0.1, 0.15) is 31.4 Å². The fourth-order valence-electron chi connectivity index (χ4n) is 2.97. The van der Waals surface area contributed by atoms with Crippen molar-refractivity contribution in [3.05, 3.63) is 59.9 Å². The summed E-state index contributed by atoms with van der Waals surface area (Å²) >= 11 is 1.29. The van der Waals surface area contributed by atoms with Gasteiger partial charge in [0.2, 0.25) is 5.91 Å². The lowest BCUT2D eigenvalue weighted by atomic mass is 10.2. The van der Waals surface area contributed by atoms with E-state index in [0.29, 0.717) is 27.8 Å². The third-order valence-corrected chi connectivity index (χ3v) is 5.66. The standard InChI is InChI=1S/C21H18FN5OS/c1-13(20(28)24-15-6-4-5-14(11-15)12-23)29-21-26-25-19(27(21)16-9-10-16)17-7-2-3-8-18(17)22/h2-8,11,13,16H,9-10H2,1H3,(H,24,28). The van der Waals surface area contributed by atoms with Gasteiger partial charge >= 0.3 is 0 Å². The lowest BCUT2D eigenvalue weighted by Crippen LogP contribution is -2.23. The van der Waals surface area contributed by atoms with E-state index in [4.69, 9.17) is 5.26 Å². The molecular weight excluding hydrogens is 389 g/mol. The van der Waals surface area contributed by atoms with Crippen molar-refractivity contribution in [1.29, 1.82) is 5.26 Å². The zero-order chi connectivity index (χ0) is 20.4. The highest BCUT2D eigenvalue weighted by Gasteiger charge is 2.32. The minimum atomic E-state index is -0.448. The largest absolute Gasteiger partial charge is 0.325 e. The van der Waals surface area contributed by atoms with Crippen molar-refractivity contribution in [3.8, 4) is 17.5 Å². The number of nitrogens with zero attached hydrogens (tertiary/aromatic N) is 4. The average Bonchev–Trinajstić information content (AvgIpc) is 3.49. The molecular formula is C21H18FN5OS. The molecule has 0 spiro atoms. The van der Waals surface area contributed by atoms with Gasteiger partial charge in [0.1, 0.15) is 5.82 Å². The Kier molecular flexibility index (Phi) is 5.32. The topological polar surface area (TPSA) is 83.6 Å². The second kappa shape index (κ2) is 8.05. The molecule has 1 aliphatic rings. The number of rotatable bonds is 6. The van der Waals surface area contributed by atoms with E-state index in [9.17, 15) is 9.18 Å². The van der Waals surface area contributed by atoms with Crippen LogP contribution in [0.2, 0.25) is 0 Å². The molecule has 1 aliphatic carbocycles. The molecule has 8 heteroatoms. The summed E-state index contributed by atoms with van der Waals surface area (Å²) in [6, 6.07) is 15.5. The fraction of sp³-hybridized carbons (Fsp3) is 0.238. The third-order valence-electron chi connectivity index (χ3n) is 4.60. The third kappa shape index (κ3) is 4.15. The van der Waals surface area contributed by atoms with Crippen LogP contribution < -0.4 is 5.32 Å². The molecule has 2 aromatic carbocycles. The number of aromatic nitrogens is 3. The van der Waals surface area contributed by atoms with Crippen LogP contribution in [0.5, 0.6) is 0 Å². The van der Waals surface area contributed by atoms with Gasteiger partial charge in [0, 0.05) is 11.7 Å². The summed E-state index contributed by atoms with van der Waals surface area (Å²) < 4.78 is 16.2. The van der Waals surface area contributed by atoms with Gasteiger partial charge in [0.25, 0.3) is 0 Å². The summed E-state index contributed by atoms with van der Waals surface area (Å²) in [7, 11) is 0. The van der Waals surface area contributed by atoms with E-state index in [1.807, 2.05) is 4.57 Å². The molecule has 1 atom stereocenters. The van der Waals surface area contributed by atoms with Crippen molar-refractivity contribution in [2.45, 2.75) is 36.2 Å². The van der Waals surface area contributed by atoms with Crippen LogP contribution in [0, 0.1) is 17.1 Å². The molecule has 4 rings (SSSR count). The van der Waals surface area contributed by atoms with Crippen molar-refractivity contribution in [3.63, 3.8) is 0 Å². The summed E-state index contributed by atoms with van der Waals surface area (Å²) in [4.78, 5) is 12.6. The quantitative estimate of drug-likeness (QED) is 0.612. The van der Waals surface area contributed by atoms with Gasteiger partial charge in [0.15, 0.2) is 11.0 Å². The molecule has 1 heterocycles. The first-order valence-electron chi connectivity index (χ1n) is 9.24. The van der Waals surface area contributed by atoms with E-state index < -0.39 is 5.25 Å². The average molecular weight is 407 g/mol. The van der Waals surface area contributed by atoms with Crippen LogP contribution in [-0.2, 0) is 4.79 Å². The molecule has 1 N–H and O–H groups in total. The highest BCUT2D eigenvalue weighted by atomic mass is 32.2. The number of anilines is 1. The van der Waals surface area contributed by atoms with E-state index in [1.54, 1.807) is 49.4 Å². The first kappa shape index (κ1) is 19.2. The molecule has 0 saturated heterocycles. The van der Waals surface area contributed by atoms with Crippen LogP contribution in [-0.4, -0.2) is 25.9 Å². The van der Waals surface area contributed by atoms with Crippen molar-refractivity contribution < 1.29 is 9.18 Å². The van der Waals surface area contributed by atoms with Crippen molar-refractivity contribution in [1.82, 2.24) is 14.8 Å². The number of amides is 1. The van der Waals surface area contributed by atoms with E-state index in [0.717, 1.165) is 12.8 Å². The van der Waals surface area contributed by atoms with Crippen LogP contribution in [0.3, 0.4) is 0 Å². The zero-order valence-electron chi connectivity index (χ0n) is 15.7. The number of nitrogens with one attached hydrogen (secondary N) is 1. The normalized spacial score (nSPS) is 14.2. The first-order chi connectivity index (χ1) is 14.1. The van der Waals surface area contributed by atoms with Gasteiger partial charge in [0.05, 0.1) is 22.4 Å². The maximum absolute atomic E-state index is 14.3. The second-order valence-electron chi connectivity index (χ2n) is 6.83. The van der Waals surface area contributed by atoms with Gasteiger partial charge in [-0.25, -0.2) is 4.39 Å². The zero-order valence-corrected chi connectivity index (χ0v) is 16.5. The van der Waals surface area contributed by atoms with Gasteiger partial charge in [-0.05, 0) is 50.1 Å². The van der Waals surface area contributed by atoms with Crippen LogP contribution in [0.15, 0.2) is 53.7 Å². The highest BCUT2D eigenvalue weighted by molar-refractivity contribution is 8.00. The SMILES string of the molecule is CC(Sc1nnc(-c2ccccc2F)n1C1CC1)C(=O)Nc1cccc(C#N)c1. The molecule has 0 aliphatic heterocycles. The Morgan fingerprint density at radius 1 is 1.28 bits per heavy atom. The molecule has 1 fully saturated rings. The number of hydrogen-bond donors (Lipinski definition) is 1. The van der Waals surface area contributed by atoms with E-state index in [-0.39, 0.29) is 17.8 Å². The number of hydrogen-bond acceptors (Lipinski definition) is 5. The molecule has 1 aromatic heterocycles. The Hall–Kier alpha value is -3.18. The van der Waals surface area contributed by atoms with Gasteiger partial charge < -0.3 is 5.32 Å². The van der Waals surface area contributed by atoms with E-state index in [2.05, 4.69) is 21.6 Å². The Labute approximate surface area is 171 Å². The number of carbonyl (C=O) groups excluding carboxylic acids is 1. The molecule has 1 unspecified atom stereocenters. The van der Waals surface area contributed by atoms with Crippen LogP contribution >= 0.6 is 11.8 Å². The number of halogens is 1. The molecule has 0 bridgehead atoms. The first-order valence-corrected chi connectivity index (χ1v) is 10.1. The lowest BCUT2D eigenvalue weighted by Gasteiger charge is -2.13. The van der Waals surface area contributed by atoms with Gasteiger partial charge in [-0.15, -0.1) is 10.2 Å². The fourth-order valence-corrected chi connectivity index (χ4v) is 3.89.